The zero-order chi connectivity index (χ0) is 8.93. The van der Waals surface area contributed by atoms with E-state index in [1.165, 1.54) is 0 Å². The van der Waals surface area contributed by atoms with Crippen LogP contribution in [0.1, 0.15) is 6.42 Å². The Labute approximate surface area is 70.5 Å². The van der Waals surface area contributed by atoms with Gasteiger partial charge in [-0.3, -0.25) is 4.79 Å². The van der Waals surface area contributed by atoms with Gasteiger partial charge in [0.15, 0.2) is 9.84 Å². The molecule has 0 unspecified atom stereocenters. The summed E-state index contributed by atoms with van der Waals surface area (Å²) >= 11 is 0. The summed E-state index contributed by atoms with van der Waals surface area (Å²) < 4.78 is 22.1. The molecule has 0 amide bonds. The zero-order valence-corrected chi connectivity index (χ0v) is 7.25. The third-order valence-corrected chi connectivity index (χ3v) is 4.58. The lowest BCUT2D eigenvalue weighted by Gasteiger charge is -2.07. The molecule has 1 aliphatic heterocycles. The van der Waals surface area contributed by atoms with Gasteiger partial charge in [0.25, 0.3) is 0 Å². The summed E-state index contributed by atoms with van der Waals surface area (Å²) in [4.78, 5) is 10.5. The smallest absolute Gasteiger partial charge is 0.307 e. The minimum Gasteiger partial charge on any atom is -0.481 e. The van der Waals surface area contributed by atoms with Crippen LogP contribution in [0.3, 0.4) is 0 Å². The topological polar surface area (TPSA) is 71.4 Å². The molecule has 68 valence electrons. The number of carbonyl (C=O) groups is 1. The molecule has 0 bridgehead atoms. The van der Waals surface area contributed by atoms with Gasteiger partial charge in [0.05, 0.1) is 17.4 Å². The van der Waals surface area contributed by atoms with Crippen molar-refractivity contribution in [2.75, 3.05) is 11.5 Å². The Morgan fingerprint density at radius 1 is 1.33 bits per heavy atom. The normalized spacial score (nSPS) is 43.2. The van der Waals surface area contributed by atoms with Crippen molar-refractivity contribution in [3.05, 3.63) is 0 Å². The van der Waals surface area contributed by atoms with Crippen LogP contribution >= 0.6 is 0 Å². The molecular weight excluding hydrogens is 180 g/mol. The van der Waals surface area contributed by atoms with Crippen LogP contribution in [0.5, 0.6) is 0 Å². The third-order valence-electron chi connectivity index (χ3n) is 2.83. The van der Waals surface area contributed by atoms with E-state index in [1.54, 1.807) is 0 Å². The number of fused-ring (bicyclic) bond motifs is 1. The Bertz CT molecular complexity index is 318. The predicted molar refractivity (Wildman–Crippen MR) is 41.4 cm³/mol. The van der Waals surface area contributed by atoms with Crippen molar-refractivity contribution in [2.24, 2.45) is 17.8 Å². The van der Waals surface area contributed by atoms with Crippen molar-refractivity contribution in [2.45, 2.75) is 6.42 Å². The first-order valence-electron chi connectivity index (χ1n) is 3.94. The number of aliphatic carboxylic acids is 1. The molecule has 1 heterocycles. The molecule has 12 heavy (non-hydrogen) atoms. The summed E-state index contributed by atoms with van der Waals surface area (Å²) in [5.74, 6) is -0.872. The fraction of sp³-hybridized carbons (Fsp3) is 0.857. The monoisotopic (exact) mass is 190 g/mol. The largest absolute Gasteiger partial charge is 0.481 e. The van der Waals surface area contributed by atoms with E-state index >= 15 is 0 Å². The van der Waals surface area contributed by atoms with E-state index in [4.69, 9.17) is 5.11 Å². The molecule has 1 N–H and O–H groups in total. The highest BCUT2D eigenvalue weighted by Gasteiger charge is 2.58. The fourth-order valence-corrected chi connectivity index (χ4v) is 3.96. The molecule has 0 aromatic carbocycles. The first-order chi connectivity index (χ1) is 5.51. The average Bonchev–Trinajstić information content (AvgIpc) is 2.58. The van der Waals surface area contributed by atoms with Crippen molar-refractivity contribution in [3.8, 4) is 0 Å². The number of carboxylic acids is 1. The van der Waals surface area contributed by atoms with Gasteiger partial charge < -0.3 is 5.11 Å². The molecule has 3 atom stereocenters. The summed E-state index contributed by atoms with van der Waals surface area (Å²) in [5, 5.41) is 8.66. The quantitative estimate of drug-likeness (QED) is 0.619. The molecule has 5 heteroatoms. The highest BCUT2D eigenvalue weighted by atomic mass is 32.2. The number of carboxylic acid groups (broad SMARTS) is 1. The molecular formula is C7H10O4S. The number of sulfone groups is 1. The Hall–Kier alpha value is -0.580. The van der Waals surface area contributed by atoms with E-state index in [9.17, 15) is 13.2 Å². The lowest BCUT2D eigenvalue weighted by molar-refractivity contribution is -0.139. The average molecular weight is 190 g/mol. The SMILES string of the molecule is O=C(O)[C@@H]1[C@@H]2CCS(=O)(=O)C[C@H]21. The van der Waals surface area contributed by atoms with Gasteiger partial charge in [0.2, 0.25) is 0 Å². The van der Waals surface area contributed by atoms with Crippen LogP contribution in [-0.4, -0.2) is 31.0 Å². The number of rotatable bonds is 1. The molecule has 2 fully saturated rings. The molecule has 4 nitrogen and oxygen atoms in total. The van der Waals surface area contributed by atoms with Crippen LogP contribution in [0.25, 0.3) is 0 Å². The molecule has 0 spiro atoms. The van der Waals surface area contributed by atoms with E-state index in [1.807, 2.05) is 0 Å². The molecule has 0 aromatic rings. The van der Waals surface area contributed by atoms with Crippen LogP contribution in [0, 0.1) is 17.8 Å². The van der Waals surface area contributed by atoms with Crippen LogP contribution in [0.2, 0.25) is 0 Å². The lowest BCUT2D eigenvalue weighted by Crippen LogP contribution is -2.18. The van der Waals surface area contributed by atoms with E-state index in [2.05, 4.69) is 0 Å². The van der Waals surface area contributed by atoms with Gasteiger partial charge in [0.1, 0.15) is 0 Å². The van der Waals surface area contributed by atoms with E-state index in [0.717, 1.165) is 0 Å². The molecule has 0 aromatic heterocycles. The molecule has 1 saturated carbocycles. The third kappa shape index (κ3) is 1.12. The molecule has 0 radical (unpaired) electrons. The number of hydrogen-bond acceptors (Lipinski definition) is 3. The van der Waals surface area contributed by atoms with Crippen molar-refractivity contribution in [3.63, 3.8) is 0 Å². The molecule has 1 aliphatic carbocycles. The fourth-order valence-electron chi connectivity index (χ4n) is 2.12. The summed E-state index contributed by atoms with van der Waals surface area (Å²) in [6, 6.07) is 0. The van der Waals surface area contributed by atoms with Gasteiger partial charge in [0, 0.05) is 0 Å². The maximum absolute atomic E-state index is 11.1. The first-order valence-corrected chi connectivity index (χ1v) is 5.76. The zero-order valence-electron chi connectivity index (χ0n) is 6.43. The molecule has 1 saturated heterocycles. The highest BCUT2D eigenvalue weighted by molar-refractivity contribution is 7.91. The van der Waals surface area contributed by atoms with Crippen molar-refractivity contribution < 1.29 is 18.3 Å². The predicted octanol–water partition coefficient (Wildman–Crippen LogP) is -0.248. The van der Waals surface area contributed by atoms with Crippen molar-refractivity contribution in [1.29, 1.82) is 0 Å². The van der Waals surface area contributed by atoms with Crippen molar-refractivity contribution >= 4 is 15.8 Å². The minimum absolute atomic E-state index is 0.0822. The Morgan fingerprint density at radius 2 is 2.00 bits per heavy atom. The first kappa shape index (κ1) is 8.04. The summed E-state index contributed by atoms with van der Waals surface area (Å²) in [6.45, 7) is 0. The van der Waals surface area contributed by atoms with Gasteiger partial charge in [-0.25, -0.2) is 8.42 Å². The Kier molecular flexibility index (Phi) is 1.49. The Balaban J connectivity index is 2.12. The standard InChI is InChI=1S/C7H10O4S/c8-7(9)6-4-1-2-12(10,11)3-5(4)6/h4-6H,1-3H2,(H,8,9)/t4-,5-,6-/m1/s1. The number of hydrogen-bond donors (Lipinski definition) is 1. The molecule has 2 aliphatic rings. The minimum atomic E-state index is -2.92. The van der Waals surface area contributed by atoms with Gasteiger partial charge in [-0.15, -0.1) is 0 Å². The second kappa shape index (κ2) is 2.22. The lowest BCUT2D eigenvalue weighted by atomic mass is 10.2. The van der Waals surface area contributed by atoms with Crippen LogP contribution in [0.4, 0.5) is 0 Å². The van der Waals surface area contributed by atoms with Crippen LogP contribution < -0.4 is 0 Å². The second-order valence-corrected chi connectivity index (χ2v) is 5.82. The van der Waals surface area contributed by atoms with Crippen LogP contribution in [-0.2, 0) is 14.6 Å². The van der Waals surface area contributed by atoms with Gasteiger partial charge >= 0.3 is 5.97 Å². The highest BCUT2D eigenvalue weighted by Crippen LogP contribution is 2.52. The maximum atomic E-state index is 11.1. The summed E-state index contributed by atoms with van der Waals surface area (Å²) in [5.41, 5.74) is 0. The van der Waals surface area contributed by atoms with E-state index < -0.39 is 15.8 Å². The maximum Gasteiger partial charge on any atom is 0.307 e. The summed E-state index contributed by atoms with van der Waals surface area (Å²) in [6.07, 6.45) is 0.546. The van der Waals surface area contributed by atoms with Gasteiger partial charge in [-0.05, 0) is 18.3 Å². The van der Waals surface area contributed by atoms with E-state index in [-0.39, 0.29) is 29.3 Å². The second-order valence-electron chi connectivity index (χ2n) is 3.59. The van der Waals surface area contributed by atoms with Crippen molar-refractivity contribution in [1.82, 2.24) is 0 Å². The van der Waals surface area contributed by atoms with Gasteiger partial charge in [-0.2, -0.15) is 0 Å². The summed E-state index contributed by atoms with van der Waals surface area (Å²) in [7, 11) is -2.92. The molecule has 2 rings (SSSR count). The van der Waals surface area contributed by atoms with E-state index in [0.29, 0.717) is 6.42 Å². The van der Waals surface area contributed by atoms with Crippen LogP contribution in [0.15, 0.2) is 0 Å². The Morgan fingerprint density at radius 3 is 2.50 bits per heavy atom. The van der Waals surface area contributed by atoms with Gasteiger partial charge in [-0.1, -0.05) is 0 Å².